The van der Waals surface area contributed by atoms with Crippen molar-refractivity contribution in [2.45, 2.75) is 20.0 Å². The second-order valence-corrected chi connectivity index (χ2v) is 1.67. The van der Waals surface area contributed by atoms with Gasteiger partial charge in [0.05, 0.1) is 13.2 Å². The van der Waals surface area contributed by atoms with E-state index >= 15 is 0 Å². The third-order valence-electron chi connectivity index (χ3n) is 0.483. The second-order valence-electron chi connectivity index (χ2n) is 1.67. The number of rotatable bonds is 2. The van der Waals surface area contributed by atoms with Gasteiger partial charge in [-0.2, -0.15) is 4.89 Å². The van der Waals surface area contributed by atoms with Crippen LogP contribution in [-0.2, 0) is 14.5 Å². The van der Waals surface area contributed by atoms with E-state index in [1.807, 2.05) is 0 Å². The summed E-state index contributed by atoms with van der Waals surface area (Å²) in [7, 11) is 1.24. The molecule has 0 radical (unpaired) electrons. The fraction of sp³-hybridized carbons (Fsp3) is 0.800. The molecule has 0 aliphatic rings. The van der Waals surface area contributed by atoms with Crippen LogP contribution in [0.1, 0.15) is 13.8 Å². The highest BCUT2D eigenvalue weighted by molar-refractivity contribution is 5.59. The Kier molecular flexibility index (Phi) is 3.79. The van der Waals surface area contributed by atoms with Gasteiger partial charge in [-0.15, -0.1) is 0 Å². The molecular weight excluding hydrogens is 124 g/mol. The molecule has 0 aliphatic heterocycles. The molecule has 0 heterocycles. The lowest BCUT2D eigenvalue weighted by Crippen LogP contribution is -2.12. The van der Waals surface area contributed by atoms with Crippen molar-refractivity contribution in [2.24, 2.45) is 0 Å². The van der Waals surface area contributed by atoms with Crippen LogP contribution in [0.25, 0.3) is 0 Å². The maximum absolute atomic E-state index is 10.3. The van der Waals surface area contributed by atoms with Crippen molar-refractivity contribution in [3.05, 3.63) is 0 Å². The first-order chi connectivity index (χ1) is 4.16. The van der Waals surface area contributed by atoms with Gasteiger partial charge in [-0.25, -0.2) is 4.79 Å². The smallest absolute Gasteiger partial charge is 0.430 e. The van der Waals surface area contributed by atoms with E-state index in [4.69, 9.17) is 0 Å². The number of hydrogen-bond donors (Lipinski definition) is 0. The maximum Gasteiger partial charge on any atom is 0.540 e. The molecule has 0 saturated carbocycles. The molecule has 0 fully saturated rings. The molecule has 0 aromatic rings. The van der Waals surface area contributed by atoms with Crippen LogP contribution in [0.15, 0.2) is 0 Å². The van der Waals surface area contributed by atoms with Crippen molar-refractivity contribution in [1.29, 1.82) is 0 Å². The second kappa shape index (κ2) is 4.14. The van der Waals surface area contributed by atoms with E-state index in [1.165, 1.54) is 7.11 Å². The molecule has 0 bridgehead atoms. The summed E-state index contributed by atoms with van der Waals surface area (Å²) in [5.41, 5.74) is 0. The zero-order valence-electron chi connectivity index (χ0n) is 5.71. The molecule has 0 spiro atoms. The molecule has 0 aromatic heterocycles. The van der Waals surface area contributed by atoms with Gasteiger partial charge in [-0.3, -0.25) is 4.89 Å². The zero-order chi connectivity index (χ0) is 7.28. The van der Waals surface area contributed by atoms with Crippen LogP contribution in [0.4, 0.5) is 4.79 Å². The highest BCUT2D eigenvalue weighted by Crippen LogP contribution is 1.91. The number of hydrogen-bond acceptors (Lipinski definition) is 4. The Hall–Kier alpha value is -0.770. The van der Waals surface area contributed by atoms with Gasteiger partial charge in [0.1, 0.15) is 0 Å². The molecule has 0 aromatic carbocycles. The Balaban J connectivity index is 3.27. The molecule has 9 heavy (non-hydrogen) atoms. The summed E-state index contributed by atoms with van der Waals surface area (Å²) >= 11 is 0. The maximum atomic E-state index is 10.3. The van der Waals surface area contributed by atoms with Gasteiger partial charge < -0.3 is 4.74 Å². The lowest BCUT2D eigenvalue weighted by Gasteiger charge is -2.04. The summed E-state index contributed by atoms with van der Waals surface area (Å²) < 4.78 is 4.50. The van der Waals surface area contributed by atoms with Gasteiger partial charge in [0, 0.05) is 0 Å². The quantitative estimate of drug-likeness (QED) is 0.322. The topological polar surface area (TPSA) is 44.8 Å². The van der Waals surface area contributed by atoms with E-state index in [-0.39, 0.29) is 6.10 Å². The van der Waals surface area contributed by atoms with E-state index < -0.39 is 6.16 Å². The predicted octanol–water partition coefficient (Wildman–Crippen LogP) is 1.11. The summed E-state index contributed by atoms with van der Waals surface area (Å²) in [4.78, 5) is 18.3. The van der Waals surface area contributed by atoms with Crippen LogP contribution in [0.5, 0.6) is 0 Å². The van der Waals surface area contributed by atoms with Crippen LogP contribution in [-0.4, -0.2) is 19.4 Å². The normalized spacial score (nSPS) is 9.33. The fourth-order valence-electron chi connectivity index (χ4n) is 0.280. The molecule has 4 heteroatoms. The predicted molar refractivity (Wildman–Crippen MR) is 29.7 cm³/mol. The van der Waals surface area contributed by atoms with Crippen LogP contribution in [0.3, 0.4) is 0 Å². The monoisotopic (exact) mass is 134 g/mol. The van der Waals surface area contributed by atoms with E-state index in [2.05, 4.69) is 14.5 Å². The molecule has 0 unspecified atom stereocenters. The van der Waals surface area contributed by atoms with Gasteiger partial charge in [-0.1, -0.05) is 0 Å². The van der Waals surface area contributed by atoms with Crippen molar-refractivity contribution in [2.75, 3.05) is 7.11 Å². The minimum atomic E-state index is -0.813. The van der Waals surface area contributed by atoms with Gasteiger partial charge in [0.25, 0.3) is 0 Å². The number of ether oxygens (including phenoxy) is 1. The van der Waals surface area contributed by atoms with Crippen LogP contribution >= 0.6 is 0 Å². The first-order valence-electron chi connectivity index (χ1n) is 2.58. The van der Waals surface area contributed by atoms with Gasteiger partial charge in [0.15, 0.2) is 0 Å². The Labute approximate surface area is 53.6 Å². The molecule has 0 saturated heterocycles. The summed E-state index contributed by atoms with van der Waals surface area (Å²) in [5, 5.41) is 0. The summed E-state index contributed by atoms with van der Waals surface area (Å²) in [5.74, 6) is 0. The number of carbonyl (C=O) groups excluding carboxylic acids is 1. The first-order valence-corrected chi connectivity index (χ1v) is 2.58. The van der Waals surface area contributed by atoms with E-state index in [9.17, 15) is 4.79 Å². The van der Waals surface area contributed by atoms with Crippen molar-refractivity contribution >= 4 is 6.16 Å². The Bertz CT molecular complexity index is 89.0. The first kappa shape index (κ1) is 8.23. The van der Waals surface area contributed by atoms with Crippen LogP contribution < -0.4 is 0 Å². The van der Waals surface area contributed by atoms with Gasteiger partial charge in [0.2, 0.25) is 0 Å². The molecule has 0 N–H and O–H groups in total. The SMILES string of the molecule is COOC(=O)OC(C)C. The summed E-state index contributed by atoms with van der Waals surface area (Å²) in [6, 6.07) is 0. The lowest BCUT2D eigenvalue weighted by molar-refractivity contribution is -0.234. The summed E-state index contributed by atoms with van der Waals surface area (Å²) in [6.45, 7) is 3.44. The van der Waals surface area contributed by atoms with Gasteiger partial charge >= 0.3 is 6.16 Å². The molecule has 0 atom stereocenters. The van der Waals surface area contributed by atoms with Crippen LogP contribution in [0, 0.1) is 0 Å². The molecule has 0 aliphatic carbocycles. The average Bonchev–Trinajstić information content (AvgIpc) is 1.63. The molecular formula is C5H10O4. The lowest BCUT2D eigenvalue weighted by atomic mass is 10.5. The largest absolute Gasteiger partial charge is 0.540 e. The number of carbonyl (C=O) groups is 1. The highest BCUT2D eigenvalue weighted by Gasteiger charge is 2.04. The third kappa shape index (κ3) is 5.10. The molecule has 0 rings (SSSR count). The third-order valence-corrected chi connectivity index (χ3v) is 0.483. The standard InChI is InChI=1S/C5H10O4/c1-4(2)8-5(6)9-7-3/h4H,1-3H3. The highest BCUT2D eigenvalue weighted by atomic mass is 17.2. The Morgan fingerprint density at radius 2 is 2.00 bits per heavy atom. The van der Waals surface area contributed by atoms with Crippen molar-refractivity contribution in [3.63, 3.8) is 0 Å². The zero-order valence-corrected chi connectivity index (χ0v) is 5.71. The van der Waals surface area contributed by atoms with E-state index in [1.54, 1.807) is 13.8 Å². The average molecular weight is 134 g/mol. The van der Waals surface area contributed by atoms with Crippen molar-refractivity contribution < 1.29 is 19.3 Å². The Morgan fingerprint density at radius 3 is 2.33 bits per heavy atom. The van der Waals surface area contributed by atoms with E-state index in [0.29, 0.717) is 0 Å². The minimum Gasteiger partial charge on any atom is -0.430 e. The fourth-order valence-corrected chi connectivity index (χ4v) is 0.280. The van der Waals surface area contributed by atoms with Gasteiger partial charge in [-0.05, 0) is 13.8 Å². The molecule has 4 nitrogen and oxygen atoms in total. The van der Waals surface area contributed by atoms with Crippen LogP contribution in [0.2, 0.25) is 0 Å². The van der Waals surface area contributed by atoms with Crippen molar-refractivity contribution in [3.8, 4) is 0 Å². The van der Waals surface area contributed by atoms with E-state index in [0.717, 1.165) is 0 Å². The minimum absolute atomic E-state index is 0.173. The Morgan fingerprint density at radius 1 is 1.44 bits per heavy atom. The summed E-state index contributed by atoms with van der Waals surface area (Å²) in [6.07, 6.45) is -0.986. The molecule has 0 amide bonds. The molecule has 54 valence electrons. The van der Waals surface area contributed by atoms with Crippen molar-refractivity contribution in [1.82, 2.24) is 0 Å².